The average Bonchev–Trinajstić information content (AvgIpc) is 2.90. The van der Waals surface area contributed by atoms with E-state index in [1.165, 1.54) is 55.7 Å². The third-order valence-electron chi connectivity index (χ3n) is 8.27. The Balaban J connectivity index is 1.23. The Hall–Kier alpha value is -2.42. The first-order valence-corrected chi connectivity index (χ1v) is 13.6. The molecule has 0 bridgehead atoms. The SMILES string of the molecule is C=CCCc1ccc(C2CCC(C3CCC(/C=C/c4ccc(OCC)c(F)c4F)CC3)CC2)cc1. The van der Waals surface area contributed by atoms with Crippen molar-refractivity contribution in [3.63, 3.8) is 0 Å². The van der Waals surface area contributed by atoms with Crippen LogP contribution in [0.15, 0.2) is 55.1 Å². The molecule has 1 nitrogen and oxygen atoms in total. The largest absolute Gasteiger partial charge is 0.491 e. The van der Waals surface area contributed by atoms with E-state index >= 15 is 0 Å². The third kappa shape index (κ3) is 6.63. The van der Waals surface area contributed by atoms with Crippen LogP contribution >= 0.6 is 0 Å². The molecule has 0 aromatic heterocycles. The topological polar surface area (TPSA) is 9.23 Å². The lowest BCUT2D eigenvalue weighted by molar-refractivity contribution is 0.172. The first-order valence-electron chi connectivity index (χ1n) is 13.6. The highest BCUT2D eigenvalue weighted by Crippen LogP contribution is 2.44. The predicted molar refractivity (Wildman–Crippen MR) is 142 cm³/mol. The van der Waals surface area contributed by atoms with Crippen molar-refractivity contribution in [3.8, 4) is 5.75 Å². The van der Waals surface area contributed by atoms with E-state index in [0.717, 1.165) is 37.5 Å². The fraction of sp³-hybridized carbons (Fsp3) is 0.500. The second-order valence-electron chi connectivity index (χ2n) is 10.4. The summed E-state index contributed by atoms with van der Waals surface area (Å²) in [5.74, 6) is 1.11. The van der Waals surface area contributed by atoms with Crippen LogP contribution in [-0.2, 0) is 6.42 Å². The van der Waals surface area contributed by atoms with Crippen LogP contribution < -0.4 is 4.74 Å². The lowest BCUT2D eigenvalue weighted by Gasteiger charge is -2.37. The molecule has 35 heavy (non-hydrogen) atoms. The second-order valence-corrected chi connectivity index (χ2v) is 10.4. The van der Waals surface area contributed by atoms with Crippen molar-refractivity contribution in [1.29, 1.82) is 0 Å². The first-order chi connectivity index (χ1) is 17.1. The van der Waals surface area contributed by atoms with Gasteiger partial charge in [-0.15, -0.1) is 6.58 Å². The van der Waals surface area contributed by atoms with Crippen LogP contribution in [0.3, 0.4) is 0 Å². The summed E-state index contributed by atoms with van der Waals surface area (Å²) in [5.41, 5.74) is 3.22. The Bertz CT molecular complexity index is 977. The summed E-state index contributed by atoms with van der Waals surface area (Å²) in [7, 11) is 0. The molecule has 0 heterocycles. The maximum absolute atomic E-state index is 14.4. The normalized spacial score (nSPS) is 25.0. The van der Waals surface area contributed by atoms with E-state index in [2.05, 4.69) is 36.9 Å². The van der Waals surface area contributed by atoms with Crippen LogP contribution in [0.4, 0.5) is 8.78 Å². The molecule has 0 N–H and O–H groups in total. The van der Waals surface area contributed by atoms with E-state index in [1.54, 1.807) is 19.1 Å². The van der Waals surface area contributed by atoms with Gasteiger partial charge in [0.1, 0.15) is 0 Å². The van der Waals surface area contributed by atoms with Crippen molar-refractivity contribution in [2.45, 2.75) is 77.0 Å². The maximum atomic E-state index is 14.4. The fourth-order valence-corrected chi connectivity index (χ4v) is 6.14. The lowest BCUT2D eigenvalue weighted by Crippen LogP contribution is -2.25. The van der Waals surface area contributed by atoms with Crippen molar-refractivity contribution in [2.24, 2.45) is 17.8 Å². The number of allylic oxidation sites excluding steroid dienone is 2. The number of ether oxygens (including phenoxy) is 1. The molecule has 0 spiro atoms. The molecule has 2 aromatic rings. The standard InChI is InChI=1S/C32H40F2O/c1-3-5-6-23-7-12-25(13-8-23)27-17-19-28(20-18-27)26-14-9-24(10-15-26)11-16-29-21-22-30(35-4-2)32(34)31(29)33/h3,7-8,11-13,16,21-22,24,26-28H,1,4-6,9-10,14-15,17-20H2,2H3/b16-11+. The summed E-state index contributed by atoms with van der Waals surface area (Å²) in [5, 5.41) is 0. The quantitative estimate of drug-likeness (QED) is 0.326. The van der Waals surface area contributed by atoms with E-state index in [1.807, 2.05) is 6.08 Å². The van der Waals surface area contributed by atoms with Gasteiger partial charge in [0.25, 0.3) is 0 Å². The van der Waals surface area contributed by atoms with Gasteiger partial charge in [-0.1, -0.05) is 42.5 Å². The minimum atomic E-state index is -0.892. The van der Waals surface area contributed by atoms with E-state index in [-0.39, 0.29) is 5.75 Å². The average molecular weight is 479 g/mol. The second kappa shape index (κ2) is 12.5. The minimum Gasteiger partial charge on any atom is -0.491 e. The third-order valence-corrected chi connectivity index (χ3v) is 8.27. The summed E-state index contributed by atoms with van der Waals surface area (Å²) >= 11 is 0. The molecule has 3 heteroatoms. The van der Waals surface area contributed by atoms with Crippen LogP contribution in [0, 0.1) is 29.4 Å². The fourth-order valence-electron chi connectivity index (χ4n) is 6.14. The molecule has 0 radical (unpaired) electrons. The Morgan fingerprint density at radius 1 is 0.857 bits per heavy atom. The van der Waals surface area contributed by atoms with Gasteiger partial charge in [0, 0.05) is 5.56 Å². The van der Waals surface area contributed by atoms with E-state index < -0.39 is 11.6 Å². The molecule has 2 saturated carbocycles. The van der Waals surface area contributed by atoms with Gasteiger partial charge in [-0.3, -0.25) is 0 Å². The van der Waals surface area contributed by atoms with Crippen molar-refractivity contribution < 1.29 is 13.5 Å². The van der Waals surface area contributed by atoms with Crippen molar-refractivity contribution in [3.05, 3.63) is 83.5 Å². The van der Waals surface area contributed by atoms with Gasteiger partial charge >= 0.3 is 0 Å². The first kappa shape index (κ1) is 25.7. The van der Waals surface area contributed by atoms with Crippen LogP contribution in [0.25, 0.3) is 6.08 Å². The van der Waals surface area contributed by atoms with Gasteiger partial charge < -0.3 is 4.74 Å². The predicted octanol–water partition coefficient (Wildman–Crippen LogP) is 9.28. The molecule has 188 valence electrons. The molecule has 0 atom stereocenters. The van der Waals surface area contributed by atoms with Gasteiger partial charge in [-0.25, -0.2) is 4.39 Å². The van der Waals surface area contributed by atoms with Gasteiger partial charge in [0.2, 0.25) is 5.82 Å². The zero-order valence-electron chi connectivity index (χ0n) is 21.2. The molecular weight excluding hydrogens is 438 g/mol. The Morgan fingerprint density at radius 3 is 2.14 bits per heavy atom. The zero-order valence-corrected chi connectivity index (χ0v) is 21.2. The number of benzene rings is 2. The van der Waals surface area contributed by atoms with E-state index in [9.17, 15) is 8.78 Å². The molecule has 0 unspecified atom stereocenters. The molecule has 4 rings (SSSR count). The van der Waals surface area contributed by atoms with Gasteiger partial charge in [0.15, 0.2) is 11.6 Å². The Labute approximate surface area is 210 Å². The van der Waals surface area contributed by atoms with Crippen LogP contribution in [0.1, 0.15) is 87.3 Å². The summed E-state index contributed by atoms with van der Waals surface area (Å²) in [4.78, 5) is 0. The number of rotatable bonds is 9. The number of aryl methyl sites for hydroxylation is 1. The molecular formula is C32H40F2O. The summed E-state index contributed by atoms with van der Waals surface area (Å²) < 4.78 is 33.6. The summed E-state index contributed by atoms with van der Waals surface area (Å²) in [6, 6.07) is 12.4. The molecule has 2 fully saturated rings. The Kier molecular flexibility index (Phi) is 9.18. The highest BCUT2D eigenvalue weighted by atomic mass is 19.2. The van der Waals surface area contributed by atoms with Crippen molar-refractivity contribution in [2.75, 3.05) is 6.61 Å². The van der Waals surface area contributed by atoms with Crippen LogP contribution in [0.2, 0.25) is 0 Å². The van der Waals surface area contributed by atoms with E-state index in [4.69, 9.17) is 4.74 Å². The molecule has 2 aromatic carbocycles. The highest BCUT2D eigenvalue weighted by molar-refractivity contribution is 5.52. The van der Waals surface area contributed by atoms with Gasteiger partial charge in [0.05, 0.1) is 6.61 Å². The maximum Gasteiger partial charge on any atom is 0.201 e. The summed E-state index contributed by atoms with van der Waals surface area (Å²) in [6.45, 7) is 5.90. The number of hydrogen-bond donors (Lipinski definition) is 0. The highest BCUT2D eigenvalue weighted by Gasteiger charge is 2.30. The zero-order chi connectivity index (χ0) is 24.6. The van der Waals surface area contributed by atoms with Crippen LogP contribution in [0.5, 0.6) is 5.75 Å². The minimum absolute atomic E-state index is 0.0158. The smallest absolute Gasteiger partial charge is 0.201 e. The molecule has 2 aliphatic rings. The Morgan fingerprint density at radius 2 is 1.51 bits per heavy atom. The van der Waals surface area contributed by atoms with Crippen molar-refractivity contribution >= 4 is 6.08 Å². The molecule has 0 amide bonds. The monoisotopic (exact) mass is 478 g/mol. The molecule has 0 saturated heterocycles. The lowest BCUT2D eigenvalue weighted by atomic mass is 9.68. The van der Waals surface area contributed by atoms with Crippen molar-refractivity contribution in [1.82, 2.24) is 0 Å². The van der Waals surface area contributed by atoms with E-state index in [0.29, 0.717) is 24.0 Å². The molecule has 2 aliphatic carbocycles. The van der Waals surface area contributed by atoms with Crippen LogP contribution in [-0.4, -0.2) is 6.61 Å². The van der Waals surface area contributed by atoms with Gasteiger partial charge in [-0.2, -0.15) is 4.39 Å². The summed E-state index contributed by atoms with van der Waals surface area (Å²) in [6.07, 6.45) is 18.0. The number of hydrogen-bond acceptors (Lipinski definition) is 1. The van der Waals surface area contributed by atoms with Gasteiger partial charge in [-0.05, 0) is 118 Å². The number of halogens is 2. The molecule has 0 aliphatic heterocycles.